The average molecular weight is 277 g/mol. The molecule has 2 rings (SSSR count). The van der Waals surface area contributed by atoms with E-state index >= 15 is 0 Å². The summed E-state index contributed by atoms with van der Waals surface area (Å²) in [5, 5.41) is 0.913. The predicted octanol–water partition coefficient (Wildman–Crippen LogP) is 2.98. The normalized spacial score (nSPS) is 11.3. The van der Waals surface area contributed by atoms with Crippen molar-refractivity contribution in [1.29, 1.82) is 0 Å². The fraction of sp³-hybridized carbons (Fsp3) is 0.429. The summed E-state index contributed by atoms with van der Waals surface area (Å²) in [5.74, 6) is -0.0347. The molecular formula is C14H19N3OS. The molecule has 0 radical (unpaired) electrons. The topological polar surface area (TPSA) is 59.2 Å². The van der Waals surface area contributed by atoms with Gasteiger partial charge in [0.05, 0.1) is 5.69 Å². The highest BCUT2D eigenvalue weighted by molar-refractivity contribution is 7.21. The Labute approximate surface area is 117 Å². The second-order valence-electron chi connectivity index (χ2n) is 5.12. The summed E-state index contributed by atoms with van der Waals surface area (Å²) in [6, 6.07) is 2.14. The highest BCUT2D eigenvalue weighted by Gasteiger charge is 2.22. The third kappa shape index (κ3) is 2.30. The minimum atomic E-state index is -0.0347. The van der Waals surface area contributed by atoms with E-state index in [0.29, 0.717) is 10.6 Å². The lowest BCUT2D eigenvalue weighted by atomic mass is 10.1. The van der Waals surface area contributed by atoms with E-state index in [9.17, 15) is 4.79 Å². The largest absolute Gasteiger partial charge is 0.397 e. The van der Waals surface area contributed by atoms with Crippen LogP contribution in [0.5, 0.6) is 0 Å². The van der Waals surface area contributed by atoms with Gasteiger partial charge in [-0.05, 0) is 39.3 Å². The molecule has 0 fully saturated rings. The molecule has 0 aliphatic carbocycles. The van der Waals surface area contributed by atoms with E-state index in [4.69, 9.17) is 5.73 Å². The van der Waals surface area contributed by atoms with Crippen molar-refractivity contribution in [3.05, 3.63) is 22.2 Å². The van der Waals surface area contributed by atoms with E-state index in [1.54, 1.807) is 11.9 Å². The average Bonchev–Trinajstić information content (AvgIpc) is 2.64. The Bertz CT molecular complexity index is 646. The molecule has 2 aromatic heterocycles. The number of amides is 1. The Balaban J connectivity index is 2.60. The Morgan fingerprint density at radius 3 is 2.63 bits per heavy atom. The van der Waals surface area contributed by atoms with Gasteiger partial charge < -0.3 is 10.6 Å². The third-order valence-corrected chi connectivity index (χ3v) is 4.40. The number of carbonyl (C=O) groups excluding carboxylic acids is 1. The van der Waals surface area contributed by atoms with Crippen molar-refractivity contribution in [3.63, 3.8) is 0 Å². The van der Waals surface area contributed by atoms with Gasteiger partial charge in [0.1, 0.15) is 9.71 Å². The first-order valence-electron chi connectivity index (χ1n) is 6.26. The van der Waals surface area contributed by atoms with E-state index in [-0.39, 0.29) is 11.9 Å². The number of hydrogen-bond donors (Lipinski definition) is 1. The zero-order chi connectivity index (χ0) is 14.3. The van der Waals surface area contributed by atoms with Gasteiger partial charge in [-0.3, -0.25) is 4.79 Å². The molecule has 102 valence electrons. The predicted molar refractivity (Wildman–Crippen MR) is 80.7 cm³/mol. The van der Waals surface area contributed by atoms with Crippen molar-refractivity contribution in [3.8, 4) is 0 Å². The van der Waals surface area contributed by atoms with Gasteiger partial charge in [0.15, 0.2) is 0 Å². The Hall–Kier alpha value is -1.62. The molecule has 2 N–H and O–H groups in total. The molecule has 19 heavy (non-hydrogen) atoms. The number of fused-ring (bicyclic) bond motifs is 1. The number of nitrogens with two attached hydrogens (primary N) is 1. The highest BCUT2D eigenvalue weighted by Crippen LogP contribution is 2.35. The van der Waals surface area contributed by atoms with Gasteiger partial charge in [0.25, 0.3) is 5.91 Å². The van der Waals surface area contributed by atoms with Gasteiger partial charge in [-0.15, -0.1) is 11.3 Å². The van der Waals surface area contributed by atoms with E-state index in [0.717, 1.165) is 21.5 Å². The molecule has 5 heteroatoms. The summed E-state index contributed by atoms with van der Waals surface area (Å²) in [7, 11) is 1.79. The summed E-state index contributed by atoms with van der Waals surface area (Å²) in [5.41, 5.74) is 8.73. The van der Waals surface area contributed by atoms with Crippen molar-refractivity contribution < 1.29 is 4.79 Å². The summed E-state index contributed by atoms with van der Waals surface area (Å²) >= 11 is 1.38. The Morgan fingerprint density at radius 1 is 1.42 bits per heavy atom. The van der Waals surface area contributed by atoms with E-state index in [2.05, 4.69) is 4.98 Å². The zero-order valence-corrected chi connectivity index (χ0v) is 12.8. The van der Waals surface area contributed by atoms with Crippen LogP contribution in [-0.2, 0) is 0 Å². The van der Waals surface area contributed by atoms with Crippen LogP contribution in [0.1, 0.15) is 34.8 Å². The summed E-state index contributed by atoms with van der Waals surface area (Å²) in [6.45, 7) is 7.91. The highest BCUT2D eigenvalue weighted by atomic mass is 32.1. The van der Waals surface area contributed by atoms with E-state index < -0.39 is 0 Å². The number of hydrogen-bond acceptors (Lipinski definition) is 4. The number of rotatable bonds is 2. The van der Waals surface area contributed by atoms with Crippen LogP contribution >= 0.6 is 11.3 Å². The molecular weight excluding hydrogens is 258 g/mol. The number of nitrogen functional groups attached to an aromatic ring is 1. The van der Waals surface area contributed by atoms with Gasteiger partial charge in [-0.25, -0.2) is 4.98 Å². The molecule has 4 nitrogen and oxygen atoms in total. The molecule has 0 atom stereocenters. The van der Waals surface area contributed by atoms with Gasteiger partial charge in [0, 0.05) is 24.2 Å². The fourth-order valence-electron chi connectivity index (χ4n) is 2.02. The van der Waals surface area contributed by atoms with Gasteiger partial charge in [0.2, 0.25) is 0 Å². The van der Waals surface area contributed by atoms with Crippen LogP contribution in [0.3, 0.4) is 0 Å². The smallest absolute Gasteiger partial charge is 0.266 e. The van der Waals surface area contributed by atoms with Crippen LogP contribution in [0.2, 0.25) is 0 Å². The first-order chi connectivity index (χ1) is 8.82. The molecule has 0 aliphatic heterocycles. The van der Waals surface area contributed by atoms with Crippen molar-refractivity contribution in [2.75, 3.05) is 12.8 Å². The number of thiophene rings is 1. The lowest BCUT2D eigenvalue weighted by molar-refractivity contribution is 0.0761. The van der Waals surface area contributed by atoms with Crippen molar-refractivity contribution in [1.82, 2.24) is 9.88 Å². The second-order valence-corrected chi connectivity index (χ2v) is 6.11. The molecule has 2 aromatic rings. The number of pyridine rings is 1. The molecule has 0 aromatic carbocycles. The van der Waals surface area contributed by atoms with Crippen molar-refractivity contribution in [2.24, 2.45) is 0 Å². The minimum absolute atomic E-state index is 0.0347. The lowest BCUT2D eigenvalue weighted by Crippen LogP contribution is -2.32. The van der Waals surface area contributed by atoms with E-state index in [1.165, 1.54) is 11.3 Å². The summed E-state index contributed by atoms with van der Waals surface area (Å²) < 4.78 is 0. The van der Waals surface area contributed by atoms with Crippen LogP contribution in [0.4, 0.5) is 5.69 Å². The number of carbonyl (C=O) groups is 1. The van der Waals surface area contributed by atoms with Crippen LogP contribution in [0, 0.1) is 13.8 Å². The molecule has 0 spiro atoms. The van der Waals surface area contributed by atoms with Gasteiger partial charge in [-0.2, -0.15) is 0 Å². The number of nitrogens with zero attached hydrogens (tertiary/aromatic N) is 2. The first kappa shape index (κ1) is 13.8. The Morgan fingerprint density at radius 2 is 2.05 bits per heavy atom. The molecule has 0 saturated heterocycles. The monoisotopic (exact) mass is 277 g/mol. The van der Waals surface area contributed by atoms with Crippen LogP contribution < -0.4 is 5.73 Å². The first-order valence-corrected chi connectivity index (χ1v) is 7.08. The minimum Gasteiger partial charge on any atom is -0.397 e. The molecule has 0 saturated carbocycles. The standard InChI is InChI=1S/C14H19N3OS/c1-7(2)17(5)14(18)12-11(15)10-8(3)6-9(4)16-13(10)19-12/h6-7H,15H2,1-5H3. The van der Waals surface area contributed by atoms with Gasteiger partial charge >= 0.3 is 0 Å². The van der Waals surface area contributed by atoms with Crippen LogP contribution in [0.25, 0.3) is 10.2 Å². The fourth-order valence-corrected chi connectivity index (χ4v) is 3.22. The third-order valence-electron chi connectivity index (χ3n) is 3.31. The molecule has 0 bridgehead atoms. The second kappa shape index (κ2) is 4.81. The molecule has 0 unspecified atom stereocenters. The number of anilines is 1. The van der Waals surface area contributed by atoms with E-state index in [1.807, 2.05) is 33.8 Å². The Kier molecular flexibility index (Phi) is 3.49. The van der Waals surface area contributed by atoms with Crippen molar-refractivity contribution >= 4 is 33.1 Å². The quantitative estimate of drug-likeness (QED) is 0.918. The molecule has 0 aliphatic rings. The maximum atomic E-state index is 12.4. The van der Waals surface area contributed by atoms with Gasteiger partial charge in [-0.1, -0.05) is 0 Å². The maximum absolute atomic E-state index is 12.4. The zero-order valence-electron chi connectivity index (χ0n) is 11.9. The molecule has 1 amide bonds. The maximum Gasteiger partial charge on any atom is 0.266 e. The summed E-state index contributed by atoms with van der Waals surface area (Å²) in [6.07, 6.45) is 0. The number of aryl methyl sites for hydroxylation is 2. The summed E-state index contributed by atoms with van der Waals surface area (Å²) in [4.78, 5) is 20.0. The van der Waals surface area contributed by atoms with Crippen LogP contribution in [-0.4, -0.2) is 28.9 Å². The number of aromatic nitrogens is 1. The lowest BCUT2D eigenvalue weighted by Gasteiger charge is -2.20. The molecule has 2 heterocycles. The van der Waals surface area contributed by atoms with Crippen molar-refractivity contribution in [2.45, 2.75) is 33.7 Å². The van der Waals surface area contributed by atoms with Crippen LogP contribution in [0.15, 0.2) is 6.07 Å². The SMILES string of the molecule is Cc1cc(C)c2c(N)c(C(=O)N(C)C(C)C)sc2n1.